The number of benzene rings is 1. The average Bonchev–Trinajstić information content (AvgIpc) is 2.65. The summed E-state index contributed by atoms with van der Waals surface area (Å²) in [4.78, 5) is 13.9. The number of rotatable bonds is 6. The zero-order chi connectivity index (χ0) is 17.6. The molecule has 2 heterocycles. The predicted molar refractivity (Wildman–Crippen MR) is 106 cm³/mol. The highest BCUT2D eigenvalue weighted by Gasteiger charge is 2.20. The molecule has 0 unspecified atom stereocenters. The number of piperazine rings is 1. The molecule has 1 N–H and O–H groups in total. The molecule has 25 heavy (non-hydrogen) atoms. The maximum atomic E-state index is 4.68. The van der Waals surface area contributed by atoms with Crippen LogP contribution in [0.5, 0.6) is 0 Å². The Bertz CT molecular complexity index is 692. The van der Waals surface area contributed by atoms with Crippen molar-refractivity contribution in [2.45, 2.75) is 33.6 Å². The summed E-state index contributed by atoms with van der Waals surface area (Å²) in [6, 6.07) is 8.59. The molecule has 1 fully saturated rings. The summed E-state index contributed by atoms with van der Waals surface area (Å²) in [6.45, 7) is 11.5. The minimum atomic E-state index is 0.739. The Balaban J connectivity index is 1.62. The van der Waals surface area contributed by atoms with Crippen molar-refractivity contribution in [1.29, 1.82) is 0 Å². The third kappa shape index (κ3) is 4.21. The Kier molecular flexibility index (Phi) is 5.74. The van der Waals surface area contributed by atoms with Gasteiger partial charge in [0.15, 0.2) is 0 Å². The topological polar surface area (TPSA) is 44.3 Å². The first-order valence-corrected chi connectivity index (χ1v) is 9.32. The summed E-state index contributed by atoms with van der Waals surface area (Å²) in [7, 11) is 0. The Labute approximate surface area is 151 Å². The van der Waals surface area contributed by atoms with E-state index in [1.165, 1.54) is 23.2 Å². The van der Waals surface area contributed by atoms with Crippen LogP contribution in [-0.4, -0.2) is 42.7 Å². The van der Waals surface area contributed by atoms with Gasteiger partial charge in [-0.05, 0) is 43.5 Å². The van der Waals surface area contributed by atoms with Crippen molar-refractivity contribution in [3.63, 3.8) is 0 Å². The van der Waals surface area contributed by atoms with Gasteiger partial charge in [0.2, 0.25) is 5.95 Å². The summed E-state index contributed by atoms with van der Waals surface area (Å²) in [6.07, 6.45) is 4.17. The van der Waals surface area contributed by atoms with E-state index in [2.05, 4.69) is 64.1 Å². The lowest BCUT2D eigenvalue weighted by molar-refractivity contribution is 0.645. The fourth-order valence-corrected chi connectivity index (χ4v) is 3.24. The van der Waals surface area contributed by atoms with E-state index in [1.807, 2.05) is 12.3 Å². The van der Waals surface area contributed by atoms with Crippen molar-refractivity contribution in [2.24, 2.45) is 0 Å². The van der Waals surface area contributed by atoms with Gasteiger partial charge in [0.05, 0.1) is 0 Å². The number of nitrogens with zero attached hydrogens (tertiary/aromatic N) is 4. The van der Waals surface area contributed by atoms with Crippen LogP contribution in [0.25, 0.3) is 0 Å². The molecule has 0 saturated carbocycles. The lowest BCUT2D eigenvalue weighted by Crippen LogP contribution is -2.47. The highest BCUT2D eigenvalue weighted by Crippen LogP contribution is 2.25. The van der Waals surface area contributed by atoms with Gasteiger partial charge in [-0.3, -0.25) is 0 Å². The number of hydrogen-bond donors (Lipinski definition) is 1. The van der Waals surface area contributed by atoms with Gasteiger partial charge in [0, 0.05) is 44.6 Å². The minimum Gasteiger partial charge on any atom is -0.368 e. The van der Waals surface area contributed by atoms with Gasteiger partial charge in [0.1, 0.15) is 5.82 Å². The van der Waals surface area contributed by atoms with Gasteiger partial charge in [-0.15, -0.1) is 0 Å². The molecule has 1 aromatic heterocycles. The van der Waals surface area contributed by atoms with E-state index in [1.54, 1.807) is 0 Å². The highest BCUT2D eigenvalue weighted by molar-refractivity contribution is 5.57. The fourth-order valence-electron chi connectivity index (χ4n) is 3.24. The van der Waals surface area contributed by atoms with Crippen molar-refractivity contribution in [2.75, 3.05) is 47.8 Å². The molecule has 0 radical (unpaired) electrons. The number of hydrogen-bond acceptors (Lipinski definition) is 5. The van der Waals surface area contributed by atoms with Crippen LogP contribution in [0.3, 0.4) is 0 Å². The molecule has 2 aromatic rings. The van der Waals surface area contributed by atoms with Crippen molar-refractivity contribution < 1.29 is 0 Å². The van der Waals surface area contributed by atoms with Gasteiger partial charge < -0.3 is 15.1 Å². The molecule has 3 rings (SSSR count). The van der Waals surface area contributed by atoms with E-state index in [9.17, 15) is 0 Å². The third-order valence-corrected chi connectivity index (χ3v) is 4.97. The predicted octanol–water partition coefficient (Wildman–Crippen LogP) is 3.63. The largest absolute Gasteiger partial charge is 0.368 e. The zero-order valence-corrected chi connectivity index (χ0v) is 15.6. The first-order chi connectivity index (χ1) is 12.2. The van der Waals surface area contributed by atoms with E-state index in [0.29, 0.717) is 0 Å². The molecule has 5 nitrogen and oxygen atoms in total. The molecule has 1 saturated heterocycles. The summed E-state index contributed by atoms with van der Waals surface area (Å²) in [5.41, 5.74) is 4.11. The second-order valence-electron chi connectivity index (χ2n) is 6.71. The molecular formula is C20H29N5. The van der Waals surface area contributed by atoms with Crippen LogP contribution in [0.4, 0.5) is 17.5 Å². The van der Waals surface area contributed by atoms with Crippen LogP contribution >= 0.6 is 0 Å². The SMILES string of the molecule is CCCCNc1nccc(N2CCN(c3cccc(C)c3C)CC2)n1. The molecular weight excluding hydrogens is 310 g/mol. The smallest absolute Gasteiger partial charge is 0.224 e. The van der Waals surface area contributed by atoms with E-state index in [0.717, 1.165) is 50.9 Å². The number of aromatic nitrogens is 2. The maximum Gasteiger partial charge on any atom is 0.224 e. The van der Waals surface area contributed by atoms with Crippen LogP contribution in [0.2, 0.25) is 0 Å². The van der Waals surface area contributed by atoms with Crippen LogP contribution in [0.15, 0.2) is 30.5 Å². The average molecular weight is 339 g/mol. The fraction of sp³-hybridized carbons (Fsp3) is 0.500. The quantitative estimate of drug-likeness (QED) is 0.814. The van der Waals surface area contributed by atoms with Gasteiger partial charge in [-0.1, -0.05) is 25.5 Å². The number of aryl methyl sites for hydroxylation is 1. The molecule has 0 atom stereocenters. The van der Waals surface area contributed by atoms with Gasteiger partial charge >= 0.3 is 0 Å². The van der Waals surface area contributed by atoms with Crippen molar-refractivity contribution in [3.8, 4) is 0 Å². The van der Waals surface area contributed by atoms with Crippen molar-refractivity contribution in [3.05, 3.63) is 41.6 Å². The maximum absolute atomic E-state index is 4.68. The molecule has 134 valence electrons. The molecule has 0 spiro atoms. The Morgan fingerprint density at radius 3 is 2.56 bits per heavy atom. The van der Waals surface area contributed by atoms with E-state index in [-0.39, 0.29) is 0 Å². The van der Waals surface area contributed by atoms with E-state index < -0.39 is 0 Å². The number of nitrogens with one attached hydrogen (secondary N) is 1. The highest BCUT2D eigenvalue weighted by atomic mass is 15.3. The van der Waals surface area contributed by atoms with Crippen LogP contribution in [0.1, 0.15) is 30.9 Å². The second kappa shape index (κ2) is 8.19. The minimum absolute atomic E-state index is 0.739. The lowest BCUT2D eigenvalue weighted by Gasteiger charge is -2.37. The summed E-state index contributed by atoms with van der Waals surface area (Å²) in [5, 5.41) is 3.31. The monoisotopic (exact) mass is 339 g/mol. The molecule has 0 amide bonds. The van der Waals surface area contributed by atoms with Crippen molar-refractivity contribution in [1.82, 2.24) is 9.97 Å². The summed E-state index contributed by atoms with van der Waals surface area (Å²) < 4.78 is 0. The number of unbranched alkanes of at least 4 members (excludes halogenated alkanes) is 1. The number of anilines is 3. The molecule has 0 aliphatic carbocycles. The van der Waals surface area contributed by atoms with Gasteiger partial charge in [-0.25, -0.2) is 4.98 Å². The van der Waals surface area contributed by atoms with Crippen LogP contribution in [-0.2, 0) is 0 Å². The first-order valence-electron chi connectivity index (χ1n) is 9.32. The second-order valence-corrected chi connectivity index (χ2v) is 6.71. The van der Waals surface area contributed by atoms with Crippen LogP contribution < -0.4 is 15.1 Å². The molecule has 1 aromatic carbocycles. The Morgan fingerprint density at radius 1 is 1.04 bits per heavy atom. The van der Waals surface area contributed by atoms with Crippen molar-refractivity contribution >= 4 is 17.5 Å². The van der Waals surface area contributed by atoms with Gasteiger partial charge in [0.25, 0.3) is 0 Å². The van der Waals surface area contributed by atoms with E-state index in [4.69, 9.17) is 0 Å². The van der Waals surface area contributed by atoms with Crippen LogP contribution in [0, 0.1) is 13.8 Å². The molecule has 1 aliphatic rings. The summed E-state index contributed by atoms with van der Waals surface area (Å²) >= 11 is 0. The Hall–Kier alpha value is -2.30. The van der Waals surface area contributed by atoms with E-state index >= 15 is 0 Å². The molecule has 0 bridgehead atoms. The molecule has 5 heteroatoms. The molecule has 1 aliphatic heterocycles. The zero-order valence-electron chi connectivity index (χ0n) is 15.6. The Morgan fingerprint density at radius 2 is 1.80 bits per heavy atom. The summed E-state index contributed by atoms with van der Waals surface area (Å²) in [5.74, 6) is 1.76. The normalized spacial score (nSPS) is 14.7. The standard InChI is InChI=1S/C20H29N5/c1-4-5-10-21-20-22-11-9-19(23-20)25-14-12-24(13-15-25)18-8-6-7-16(2)17(18)3/h6-9,11H,4-5,10,12-15H2,1-3H3,(H,21,22,23). The third-order valence-electron chi connectivity index (χ3n) is 4.97. The van der Waals surface area contributed by atoms with Gasteiger partial charge in [-0.2, -0.15) is 4.98 Å². The first kappa shape index (κ1) is 17.5. The lowest BCUT2D eigenvalue weighted by atomic mass is 10.1.